The molecular formula is C14H11N7OS. The van der Waals surface area contributed by atoms with Gasteiger partial charge in [0.25, 0.3) is 0 Å². The summed E-state index contributed by atoms with van der Waals surface area (Å²) in [6.45, 7) is 0.0392. The van der Waals surface area contributed by atoms with Crippen LogP contribution in [0.4, 0.5) is 5.13 Å². The highest BCUT2D eigenvalue weighted by molar-refractivity contribution is 7.15. The largest absolute Gasteiger partial charge is 0.300 e. The van der Waals surface area contributed by atoms with E-state index in [1.165, 1.54) is 22.3 Å². The second-order valence-corrected chi connectivity index (χ2v) is 5.79. The second kappa shape index (κ2) is 6.76. The van der Waals surface area contributed by atoms with Crippen LogP contribution in [0, 0.1) is 11.3 Å². The minimum absolute atomic E-state index is 0.0392. The third-order valence-corrected chi connectivity index (χ3v) is 3.87. The fourth-order valence-electron chi connectivity index (χ4n) is 1.90. The van der Waals surface area contributed by atoms with Gasteiger partial charge in [0.15, 0.2) is 5.13 Å². The topological polar surface area (TPSA) is 109 Å². The van der Waals surface area contributed by atoms with Gasteiger partial charge in [-0.3, -0.25) is 4.79 Å². The first-order valence-electron chi connectivity index (χ1n) is 6.67. The van der Waals surface area contributed by atoms with Crippen LogP contribution in [0.2, 0.25) is 0 Å². The van der Waals surface area contributed by atoms with E-state index in [9.17, 15) is 4.79 Å². The summed E-state index contributed by atoms with van der Waals surface area (Å²) in [7, 11) is 0. The molecular weight excluding hydrogens is 314 g/mol. The van der Waals surface area contributed by atoms with Gasteiger partial charge >= 0.3 is 0 Å². The Morgan fingerprint density at radius 2 is 2.17 bits per heavy atom. The Morgan fingerprint density at radius 3 is 2.87 bits per heavy atom. The van der Waals surface area contributed by atoms with Crippen molar-refractivity contribution in [1.29, 1.82) is 5.26 Å². The van der Waals surface area contributed by atoms with E-state index >= 15 is 0 Å². The lowest BCUT2D eigenvalue weighted by atomic mass is 10.1. The molecule has 0 aliphatic carbocycles. The quantitative estimate of drug-likeness (QED) is 0.755. The van der Waals surface area contributed by atoms with Gasteiger partial charge in [0, 0.05) is 17.5 Å². The van der Waals surface area contributed by atoms with Gasteiger partial charge in [0.2, 0.25) is 5.91 Å². The number of aromatic nitrogens is 5. The first kappa shape index (κ1) is 14.8. The molecule has 2 aromatic heterocycles. The first-order chi connectivity index (χ1) is 11.2. The zero-order chi connectivity index (χ0) is 16.1. The zero-order valence-corrected chi connectivity index (χ0v) is 12.7. The number of nitrogens with zero attached hydrogens (tertiary/aromatic N) is 6. The summed E-state index contributed by atoms with van der Waals surface area (Å²) in [6.07, 6.45) is 3.81. The summed E-state index contributed by atoms with van der Waals surface area (Å²) >= 11 is 1.41. The molecule has 0 spiro atoms. The Hall–Kier alpha value is -3.12. The molecule has 114 valence electrons. The molecule has 1 aromatic carbocycles. The molecule has 0 aliphatic rings. The average molecular weight is 325 g/mol. The van der Waals surface area contributed by atoms with Gasteiger partial charge in [0.1, 0.15) is 12.9 Å². The zero-order valence-electron chi connectivity index (χ0n) is 11.9. The van der Waals surface area contributed by atoms with Crippen LogP contribution in [0.1, 0.15) is 16.0 Å². The maximum absolute atomic E-state index is 11.8. The van der Waals surface area contributed by atoms with E-state index in [4.69, 9.17) is 5.26 Å². The van der Waals surface area contributed by atoms with E-state index in [1.807, 2.05) is 12.1 Å². The van der Waals surface area contributed by atoms with E-state index in [0.29, 0.717) is 17.1 Å². The fraction of sp³-hybridized carbons (Fsp3) is 0.143. The van der Waals surface area contributed by atoms with Crippen molar-refractivity contribution in [2.75, 3.05) is 5.32 Å². The molecule has 0 aliphatic heterocycles. The Morgan fingerprint density at radius 1 is 1.35 bits per heavy atom. The van der Waals surface area contributed by atoms with Crippen molar-refractivity contribution in [1.82, 2.24) is 25.2 Å². The smallest absolute Gasteiger partial charge is 0.248 e. The Balaban J connectivity index is 1.59. The summed E-state index contributed by atoms with van der Waals surface area (Å²) in [4.78, 5) is 17.0. The average Bonchev–Trinajstić information content (AvgIpc) is 3.20. The molecule has 0 unspecified atom stereocenters. The van der Waals surface area contributed by atoms with Crippen molar-refractivity contribution in [2.45, 2.75) is 13.0 Å². The minimum atomic E-state index is -0.239. The van der Waals surface area contributed by atoms with Crippen LogP contribution >= 0.6 is 11.3 Å². The molecule has 2 heterocycles. The van der Waals surface area contributed by atoms with Crippen LogP contribution in [0.3, 0.4) is 0 Å². The number of hydrogen-bond acceptors (Lipinski definition) is 7. The summed E-state index contributed by atoms with van der Waals surface area (Å²) < 4.78 is 1.33. The van der Waals surface area contributed by atoms with Gasteiger partial charge in [-0.05, 0) is 28.1 Å². The molecule has 1 N–H and O–H groups in total. The molecule has 3 rings (SSSR count). The fourth-order valence-corrected chi connectivity index (χ4v) is 2.77. The van der Waals surface area contributed by atoms with Crippen molar-refractivity contribution in [2.24, 2.45) is 0 Å². The van der Waals surface area contributed by atoms with Gasteiger partial charge in [-0.25, -0.2) is 9.67 Å². The van der Waals surface area contributed by atoms with Gasteiger partial charge in [-0.15, -0.1) is 16.4 Å². The van der Waals surface area contributed by atoms with Gasteiger partial charge in [0.05, 0.1) is 11.6 Å². The van der Waals surface area contributed by atoms with E-state index in [-0.39, 0.29) is 12.5 Å². The summed E-state index contributed by atoms with van der Waals surface area (Å²) in [6, 6.07) is 9.48. The third kappa shape index (κ3) is 3.96. The lowest BCUT2D eigenvalue weighted by Crippen LogP contribution is -2.18. The molecule has 0 saturated carbocycles. The number of nitriles is 1. The summed E-state index contributed by atoms with van der Waals surface area (Å²) in [5, 5.41) is 22.6. The number of thiazole rings is 1. The molecule has 0 saturated heterocycles. The molecule has 3 aromatic rings. The maximum atomic E-state index is 11.8. The van der Waals surface area contributed by atoms with Crippen molar-refractivity contribution in [3.63, 3.8) is 0 Å². The molecule has 0 radical (unpaired) electrons. The molecule has 8 nitrogen and oxygen atoms in total. The number of carbonyl (C=O) groups is 1. The number of tetrazole rings is 1. The van der Waals surface area contributed by atoms with Gasteiger partial charge in [-0.1, -0.05) is 12.1 Å². The van der Waals surface area contributed by atoms with Gasteiger partial charge < -0.3 is 5.32 Å². The van der Waals surface area contributed by atoms with Crippen molar-refractivity contribution in [3.8, 4) is 6.07 Å². The normalized spacial score (nSPS) is 10.2. The molecule has 9 heteroatoms. The lowest BCUT2D eigenvalue weighted by Gasteiger charge is -2.00. The highest BCUT2D eigenvalue weighted by Crippen LogP contribution is 2.21. The number of nitrogens with one attached hydrogen (secondary N) is 1. The number of hydrogen-bond donors (Lipinski definition) is 1. The summed E-state index contributed by atoms with van der Waals surface area (Å²) in [5.41, 5.74) is 1.72. The highest BCUT2D eigenvalue weighted by Gasteiger charge is 2.08. The standard InChI is InChI=1S/C14H11N7OS/c15-6-11-3-1-10(2-4-11)5-12-7-16-14(23-12)18-13(22)8-21-9-17-19-20-21/h1-4,7,9H,5,8H2,(H,16,18,22). The maximum Gasteiger partial charge on any atom is 0.248 e. The van der Waals surface area contributed by atoms with Crippen LogP contribution in [-0.2, 0) is 17.8 Å². The van der Waals surface area contributed by atoms with Gasteiger partial charge in [-0.2, -0.15) is 5.26 Å². The second-order valence-electron chi connectivity index (χ2n) is 4.67. The van der Waals surface area contributed by atoms with E-state index < -0.39 is 0 Å². The number of anilines is 1. The molecule has 0 bridgehead atoms. The van der Waals surface area contributed by atoms with Crippen molar-refractivity contribution in [3.05, 3.63) is 52.8 Å². The molecule has 0 fully saturated rings. The van der Waals surface area contributed by atoms with Crippen molar-refractivity contribution < 1.29 is 4.79 Å². The van der Waals surface area contributed by atoms with E-state index in [1.54, 1.807) is 18.3 Å². The van der Waals surface area contributed by atoms with Crippen LogP contribution < -0.4 is 5.32 Å². The summed E-state index contributed by atoms with van der Waals surface area (Å²) in [5.74, 6) is -0.239. The highest BCUT2D eigenvalue weighted by atomic mass is 32.1. The number of amides is 1. The Kier molecular flexibility index (Phi) is 4.35. The van der Waals surface area contributed by atoms with Crippen LogP contribution in [-0.4, -0.2) is 31.1 Å². The predicted octanol–water partition coefficient (Wildman–Crippen LogP) is 1.23. The van der Waals surface area contributed by atoms with Crippen molar-refractivity contribution >= 4 is 22.4 Å². The van der Waals surface area contributed by atoms with E-state index in [2.05, 4.69) is 31.9 Å². The van der Waals surface area contributed by atoms with E-state index in [0.717, 1.165) is 10.4 Å². The van der Waals surface area contributed by atoms with Crippen LogP contribution in [0.15, 0.2) is 36.8 Å². The predicted molar refractivity (Wildman–Crippen MR) is 82.5 cm³/mol. The monoisotopic (exact) mass is 325 g/mol. The Labute approximate surface area is 135 Å². The molecule has 0 atom stereocenters. The van der Waals surface area contributed by atoms with Crippen LogP contribution in [0.25, 0.3) is 0 Å². The lowest BCUT2D eigenvalue weighted by molar-refractivity contribution is -0.116. The van der Waals surface area contributed by atoms with Crippen LogP contribution in [0.5, 0.6) is 0 Å². The number of rotatable bonds is 5. The SMILES string of the molecule is N#Cc1ccc(Cc2cnc(NC(=O)Cn3cnnn3)s2)cc1. The first-order valence-corrected chi connectivity index (χ1v) is 7.49. The molecule has 23 heavy (non-hydrogen) atoms. The third-order valence-electron chi connectivity index (χ3n) is 2.96. The molecule has 1 amide bonds. The number of carbonyl (C=O) groups excluding carboxylic acids is 1. The number of benzene rings is 1. The Bertz CT molecular complexity index is 833. The minimum Gasteiger partial charge on any atom is -0.300 e.